The normalized spacial score (nSPS) is 23.5. The smallest absolute Gasteiger partial charge is 0.107 e. The Morgan fingerprint density at radius 1 is 1.12 bits per heavy atom. The molecule has 1 aromatic rings. The Labute approximate surface area is 143 Å². The average molecular weight is 334 g/mol. The van der Waals surface area contributed by atoms with Crippen molar-refractivity contribution in [1.29, 1.82) is 0 Å². The molecule has 132 valence electrons. The van der Waals surface area contributed by atoms with E-state index in [0.29, 0.717) is 12.6 Å². The van der Waals surface area contributed by atoms with Gasteiger partial charge in [0, 0.05) is 62.3 Å². The summed E-state index contributed by atoms with van der Waals surface area (Å²) >= 11 is 0. The SMILES string of the molecule is FCCN1CC2(CCOCC2)c2cc(NC3CCOCC3)ccc21. The number of ether oxygens (including phenoxy) is 2. The van der Waals surface area contributed by atoms with Crippen LogP contribution in [0.2, 0.25) is 0 Å². The molecule has 24 heavy (non-hydrogen) atoms. The second-order valence-electron chi connectivity index (χ2n) is 7.27. The first-order valence-corrected chi connectivity index (χ1v) is 9.18. The number of benzene rings is 1. The maximum Gasteiger partial charge on any atom is 0.107 e. The van der Waals surface area contributed by atoms with Crippen LogP contribution in [0.5, 0.6) is 0 Å². The van der Waals surface area contributed by atoms with Gasteiger partial charge >= 0.3 is 0 Å². The van der Waals surface area contributed by atoms with E-state index in [1.165, 1.54) is 16.9 Å². The topological polar surface area (TPSA) is 33.7 Å². The highest BCUT2D eigenvalue weighted by atomic mass is 19.1. The number of hydrogen-bond acceptors (Lipinski definition) is 4. The lowest BCUT2D eigenvalue weighted by Crippen LogP contribution is -2.39. The molecule has 0 saturated carbocycles. The molecule has 2 fully saturated rings. The zero-order chi connectivity index (χ0) is 16.4. The number of anilines is 2. The average Bonchev–Trinajstić information content (AvgIpc) is 2.90. The lowest BCUT2D eigenvalue weighted by Gasteiger charge is -2.34. The molecule has 0 aromatic heterocycles. The second kappa shape index (κ2) is 6.89. The van der Waals surface area contributed by atoms with Crippen LogP contribution in [0.15, 0.2) is 18.2 Å². The van der Waals surface area contributed by atoms with Crippen molar-refractivity contribution < 1.29 is 13.9 Å². The van der Waals surface area contributed by atoms with Crippen LogP contribution in [0, 0.1) is 0 Å². The largest absolute Gasteiger partial charge is 0.382 e. The van der Waals surface area contributed by atoms with Crippen LogP contribution in [0.1, 0.15) is 31.2 Å². The van der Waals surface area contributed by atoms with Gasteiger partial charge in [-0.05, 0) is 49.4 Å². The van der Waals surface area contributed by atoms with E-state index in [0.717, 1.165) is 58.7 Å². The Hall–Kier alpha value is -1.33. The number of nitrogens with zero attached hydrogens (tertiary/aromatic N) is 1. The van der Waals surface area contributed by atoms with Crippen LogP contribution in [0.3, 0.4) is 0 Å². The van der Waals surface area contributed by atoms with Crippen LogP contribution >= 0.6 is 0 Å². The number of alkyl halides is 1. The fourth-order valence-corrected chi connectivity index (χ4v) is 4.43. The maximum atomic E-state index is 13.0. The summed E-state index contributed by atoms with van der Waals surface area (Å²) in [5.41, 5.74) is 3.92. The van der Waals surface area contributed by atoms with Gasteiger partial charge in [-0.3, -0.25) is 0 Å². The minimum atomic E-state index is -0.298. The van der Waals surface area contributed by atoms with E-state index in [-0.39, 0.29) is 12.1 Å². The van der Waals surface area contributed by atoms with Crippen molar-refractivity contribution in [3.8, 4) is 0 Å². The molecule has 0 amide bonds. The lowest BCUT2D eigenvalue weighted by molar-refractivity contribution is 0.0553. The Balaban J connectivity index is 1.60. The molecule has 0 radical (unpaired) electrons. The number of halogens is 1. The minimum Gasteiger partial charge on any atom is -0.382 e. The predicted molar refractivity (Wildman–Crippen MR) is 93.8 cm³/mol. The predicted octanol–water partition coefficient (Wildman–Crippen LogP) is 3.12. The van der Waals surface area contributed by atoms with E-state index in [9.17, 15) is 4.39 Å². The van der Waals surface area contributed by atoms with Gasteiger partial charge in [-0.25, -0.2) is 4.39 Å². The number of nitrogens with one attached hydrogen (secondary N) is 1. The van der Waals surface area contributed by atoms with Gasteiger partial charge in [-0.2, -0.15) is 0 Å². The monoisotopic (exact) mass is 334 g/mol. The molecule has 4 nitrogen and oxygen atoms in total. The van der Waals surface area contributed by atoms with E-state index < -0.39 is 0 Å². The minimum absolute atomic E-state index is 0.135. The van der Waals surface area contributed by atoms with Gasteiger partial charge in [0.05, 0.1) is 0 Å². The molecule has 0 bridgehead atoms. The summed E-state index contributed by atoms with van der Waals surface area (Å²) in [6.07, 6.45) is 4.18. The summed E-state index contributed by atoms with van der Waals surface area (Å²) < 4.78 is 24.0. The number of fused-ring (bicyclic) bond motifs is 2. The van der Waals surface area contributed by atoms with Crippen molar-refractivity contribution >= 4 is 11.4 Å². The van der Waals surface area contributed by atoms with Crippen LogP contribution in [0.4, 0.5) is 15.8 Å². The number of hydrogen-bond donors (Lipinski definition) is 1. The maximum absolute atomic E-state index is 13.0. The fraction of sp³-hybridized carbons (Fsp3) is 0.684. The summed E-state index contributed by atoms with van der Waals surface area (Å²) in [6, 6.07) is 7.13. The standard InChI is InChI=1S/C19H27FN2O2/c20-7-8-22-14-19(5-11-24-12-6-19)17-13-16(1-2-18(17)22)21-15-3-9-23-10-4-15/h1-2,13,15,21H,3-12,14H2. The van der Waals surface area contributed by atoms with Crippen LogP contribution in [-0.4, -0.2) is 52.2 Å². The van der Waals surface area contributed by atoms with Crippen molar-refractivity contribution in [2.75, 3.05) is 56.4 Å². The molecular formula is C19H27FN2O2. The summed E-state index contributed by atoms with van der Waals surface area (Å²) in [4.78, 5) is 2.22. The molecule has 3 aliphatic rings. The highest BCUT2D eigenvalue weighted by molar-refractivity contribution is 5.68. The van der Waals surface area contributed by atoms with Gasteiger partial charge < -0.3 is 19.7 Å². The first-order chi connectivity index (χ1) is 11.8. The van der Waals surface area contributed by atoms with Crippen molar-refractivity contribution in [3.05, 3.63) is 23.8 Å². The molecule has 1 spiro atoms. The highest BCUT2D eigenvalue weighted by Crippen LogP contribution is 2.47. The third kappa shape index (κ3) is 3.00. The number of rotatable bonds is 4. The summed E-state index contributed by atoms with van der Waals surface area (Å²) in [7, 11) is 0. The molecule has 1 N–H and O–H groups in total. The van der Waals surface area contributed by atoms with Crippen LogP contribution in [-0.2, 0) is 14.9 Å². The molecule has 0 unspecified atom stereocenters. The molecule has 2 saturated heterocycles. The van der Waals surface area contributed by atoms with Gasteiger partial charge in [0.25, 0.3) is 0 Å². The van der Waals surface area contributed by atoms with Crippen molar-refractivity contribution in [2.45, 2.75) is 37.1 Å². The third-order valence-electron chi connectivity index (χ3n) is 5.80. The summed E-state index contributed by atoms with van der Waals surface area (Å²) in [5, 5.41) is 3.68. The molecule has 3 heterocycles. The highest BCUT2D eigenvalue weighted by Gasteiger charge is 2.43. The molecule has 3 aliphatic heterocycles. The van der Waals surface area contributed by atoms with Gasteiger partial charge in [0.1, 0.15) is 6.67 Å². The molecule has 0 aliphatic carbocycles. The van der Waals surface area contributed by atoms with Crippen molar-refractivity contribution in [3.63, 3.8) is 0 Å². The first-order valence-electron chi connectivity index (χ1n) is 9.18. The van der Waals surface area contributed by atoms with E-state index in [4.69, 9.17) is 9.47 Å². The molecule has 5 heteroatoms. The van der Waals surface area contributed by atoms with Gasteiger partial charge in [0.2, 0.25) is 0 Å². The first kappa shape index (κ1) is 16.2. The van der Waals surface area contributed by atoms with Crippen LogP contribution in [0.25, 0.3) is 0 Å². The summed E-state index contributed by atoms with van der Waals surface area (Å²) in [5.74, 6) is 0. The van der Waals surface area contributed by atoms with Gasteiger partial charge in [-0.1, -0.05) is 0 Å². The van der Waals surface area contributed by atoms with E-state index in [1.807, 2.05) is 0 Å². The van der Waals surface area contributed by atoms with Crippen molar-refractivity contribution in [2.24, 2.45) is 0 Å². The van der Waals surface area contributed by atoms with E-state index >= 15 is 0 Å². The molecule has 1 aromatic carbocycles. The Bertz CT molecular complexity index is 568. The Kier molecular flexibility index (Phi) is 4.63. The zero-order valence-corrected chi connectivity index (χ0v) is 14.2. The third-order valence-corrected chi connectivity index (χ3v) is 5.80. The molecular weight excluding hydrogens is 307 g/mol. The van der Waals surface area contributed by atoms with E-state index in [1.54, 1.807) is 0 Å². The van der Waals surface area contributed by atoms with Gasteiger partial charge in [0.15, 0.2) is 0 Å². The molecule has 0 atom stereocenters. The summed E-state index contributed by atoms with van der Waals surface area (Å²) in [6.45, 7) is 4.41. The van der Waals surface area contributed by atoms with Gasteiger partial charge in [-0.15, -0.1) is 0 Å². The van der Waals surface area contributed by atoms with Crippen LogP contribution < -0.4 is 10.2 Å². The van der Waals surface area contributed by atoms with Crippen molar-refractivity contribution in [1.82, 2.24) is 0 Å². The second-order valence-corrected chi connectivity index (χ2v) is 7.27. The molecule has 4 rings (SSSR count). The van der Waals surface area contributed by atoms with E-state index in [2.05, 4.69) is 28.4 Å². The fourth-order valence-electron chi connectivity index (χ4n) is 4.43. The Morgan fingerprint density at radius 2 is 1.88 bits per heavy atom. The zero-order valence-electron chi connectivity index (χ0n) is 14.2. The quantitative estimate of drug-likeness (QED) is 0.917. The lowest BCUT2D eigenvalue weighted by atomic mass is 9.76. The Morgan fingerprint density at radius 3 is 2.62 bits per heavy atom.